The van der Waals surface area contributed by atoms with E-state index in [1.165, 1.54) is 4.88 Å². The molecule has 0 saturated carbocycles. The summed E-state index contributed by atoms with van der Waals surface area (Å²) in [5, 5.41) is 4.37. The molecule has 1 aromatic heterocycles. The Hall–Kier alpha value is -1.59. The number of nitrogens with zero attached hydrogens (tertiary/aromatic N) is 1. The van der Waals surface area contributed by atoms with E-state index < -0.39 is 0 Å². The third kappa shape index (κ3) is 2.88. The molecule has 102 valence electrons. The maximum Gasteiger partial charge on any atom is 0.127 e. The van der Waals surface area contributed by atoms with E-state index in [1.54, 1.807) is 25.6 Å². The van der Waals surface area contributed by atoms with Gasteiger partial charge < -0.3 is 14.8 Å². The summed E-state index contributed by atoms with van der Waals surface area (Å²) in [6.07, 6.45) is 1.91. The van der Waals surface area contributed by atoms with Gasteiger partial charge in [0, 0.05) is 22.7 Å². The first-order valence-electron chi connectivity index (χ1n) is 6.01. The van der Waals surface area contributed by atoms with Crippen molar-refractivity contribution in [2.45, 2.75) is 13.0 Å². The fourth-order valence-electron chi connectivity index (χ4n) is 2.02. The number of thiazole rings is 1. The Morgan fingerprint density at radius 3 is 2.58 bits per heavy atom. The van der Waals surface area contributed by atoms with Crippen molar-refractivity contribution in [2.24, 2.45) is 0 Å². The van der Waals surface area contributed by atoms with Crippen LogP contribution in [0.3, 0.4) is 0 Å². The van der Waals surface area contributed by atoms with Gasteiger partial charge in [-0.1, -0.05) is 0 Å². The number of benzene rings is 1. The summed E-state index contributed by atoms with van der Waals surface area (Å²) in [6, 6.07) is 5.93. The lowest BCUT2D eigenvalue weighted by molar-refractivity contribution is 0.388. The maximum absolute atomic E-state index is 5.46. The smallest absolute Gasteiger partial charge is 0.127 e. The van der Waals surface area contributed by atoms with E-state index in [0.29, 0.717) is 0 Å². The molecule has 5 heteroatoms. The molecule has 0 bridgehead atoms. The minimum Gasteiger partial charge on any atom is -0.497 e. The highest BCUT2D eigenvalue weighted by Crippen LogP contribution is 2.34. The van der Waals surface area contributed by atoms with Crippen LogP contribution in [0.25, 0.3) is 0 Å². The van der Waals surface area contributed by atoms with Crippen molar-refractivity contribution in [3.8, 4) is 11.5 Å². The monoisotopic (exact) mass is 278 g/mol. The molecule has 0 fully saturated rings. The normalized spacial score (nSPS) is 12.2. The molecule has 1 unspecified atom stereocenters. The second-order valence-corrected chi connectivity index (χ2v) is 5.38. The van der Waals surface area contributed by atoms with Gasteiger partial charge in [0.1, 0.15) is 11.5 Å². The average Bonchev–Trinajstić information content (AvgIpc) is 2.86. The molecule has 2 aromatic rings. The van der Waals surface area contributed by atoms with E-state index in [-0.39, 0.29) is 6.04 Å². The fraction of sp³-hybridized carbons (Fsp3) is 0.357. The minimum absolute atomic E-state index is 0.0760. The molecule has 0 aliphatic rings. The van der Waals surface area contributed by atoms with Crippen molar-refractivity contribution < 1.29 is 9.47 Å². The zero-order valence-corrected chi connectivity index (χ0v) is 12.4. The molecule has 19 heavy (non-hydrogen) atoms. The molecule has 0 radical (unpaired) electrons. The number of hydrogen-bond donors (Lipinski definition) is 1. The fourth-order valence-corrected chi connectivity index (χ4v) is 2.93. The number of aromatic nitrogens is 1. The Morgan fingerprint density at radius 2 is 2.05 bits per heavy atom. The Morgan fingerprint density at radius 1 is 1.26 bits per heavy atom. The van der Waals surface area contributed by atoms with E-state index in [0.717, 1.165) is 22.1 Å². The molecule has 0 aliphatic heterocycles. The standard InChI is InChI=1S/C14H18N2O2S/c1-9-16-8-13(19-9)14(15-2)11-6-5-10(17-3)7-12(11)18-4/h5-8,14-15H,1-4H3. The highest BCUT2D eigenvalue weighted by atomic mass is 32.1. The third-order valence-corrected chi connectivity index (χ3v) is 3.94. The number of hydrogen-bond acceptors (Lipinski definition) is 5. The Balaban J connectivity index is 2.43. The highest BCUT2D eigenvalue weighted by molar-refractivity contribution is 7.11. The molecule has 0 amide bonds. The summed E-state index contributed by atoms with van der Waals surface area (Å²) in [6.45, 7) is 2.01. The van der Waals surface area contributed by atoms with Gasteiger partial charge in [-0.2, -0.15) is 0 Å². The highest BCUT2D eigenvalue weighted by Gasteiger charge is 2.19. The number of nitrogens with one attached hydrogen (secondary N) is 1. The van der Waals surface area contributed by atoms with Crippen LogP contribution >= 0.6 is 11.3 Å². The van der Waals surface area contributed by atoms with Crippen molar-refractivity contribution >= 4 is 11.3 Å². The predicted molar refractivity (Wildman–Crippen MR) is 77.3 cm³/mol. The van der Waals surface area contributed by atoms with Gasteiger partial charge in [0.15, 0.2) is 0 Å². The lowest BCUT2D eigenvalue weighted by atomic mass is 10.0. The molecular weight excluding hydrogens is 260 g/mol. The van der Waals surface area contributed by atoms with Crippen LogP contribution in [0.15, 0.2) is 24.4 Å². The van der Waals surface area contributed by atoms with Crippen molar-refractivity contribution in [1.29, 1.82) is 0 Å². The topological polar surface area (TPSA) is 43.4 Å². The molecular formula is C14H18N2O2S. The second-order valence-electron chi connectivity index (χ2n) is 4.11. The summed E-state index contributed by atoms with van der Waals surface area (Å²) < 4.78 is 10.7. The van der Waals surface area contributed by atoms with Crippen LogP contribution in [0.1, 0.15) is 21.5 Å². The molecule has 1 atom stereocenters. The largest absolute Gasteiger partial charge is 0.497 e. The third-order valence-electron chi connectivity index (χ3n) is 2.96. The van der Waals surface area contributed by atoms with Crippen LogP contribution < -0.4 is 14.8 Å². The Bertz CT molecular complexity index is 554. The average molecular weight is 278 g/mol. The van der Waals surface area contributed by atoms with Crippen LogP contribution in [0.2, 0.25) is 0 Å². The lowest BCUT2D eigenvalue weighted by Gasteiger charge is -2.18. The second kappa shape index (κ2) is 6.04. The van der Waals surface area contributed by atoms with Crippen molar-refractivity contribution in [1.82, 2.24) is 10.3 Å². The molecule has 0 saturated heterocycles. The van der Waals surface area contributed by atoms with Gasteiger partial charge in [-0.05, 0) is 26.1 Å². The maximum atomic E-state index is 5.46. The van der Waals surface area contributed by atoms with Crippen LogP contribution in [0.4, 0.5) is 0 Å². The lowest BCUT2D eigenvalue weighted by Crippen LogP contribution is -2.17. The van der Waals surface area contributed by atoms with Gasteiger partial charge in [-0.25, -0.2) is 4.98 Å². The first-order chi connectivity index (χ1) is 9.19. The van der Waals surface area contributed by atoms with Crippen LogP contribution in [0, 0.1) is 6.92 Å². The van der Waals surface area contributed by atoms with Crippen LogP contribution in [-0.4, -0.2) is 26.3 Å². The molecule has 0 spiro atoms. The summed E-state index contributed by atoms with van der Waals surface area (Å²) in [5.74, 6) is 1.60. The van der Waals surface area contributed by atoms with Crippen LogP contribution in [0.5, 0.6) is 11.5 Å². The van der Waals surface area contributed by atoms with E-state index in [1.807, 2.05) is 38.4 Å². The van der Waals surface area contributed by atoms with Gasteiger partial charge in [-0.3, -0.25) is 0 Å². The summed E-state index contributed by atoms with van der Waals surface area (Å²) in [7, 11) is 5.25. The number of aryl methyl sites for hydroxylation is 1. The minimum atomic E-state index is 0.0760. The first-order valence-corrected chi connectivity index (χ1v) is 6.82. The zero-order valence-electron chi connectivity index (χ0n) is 11.6. The molecule has 0 aliphatic carbocycles. The molecule has 1 heterocycles. The first kappa shape index (κ1) is 13.8. The molecule has 4 nitrogen and oxygen atoms in total. The van der Waals surface area contributed by atoms with Gasteiger partial charge in [-0.15, -0.1) is 11.3 Å². The van der Waals surface area contributed by atoms with E-state index in [4.69, 9.17) is 9.47 Å². The van der Waals surface area contributed by atoms with Gasteiger partial charge >= 0.3 is 0 Å². The zero-order chi connectivity index (χ0) is 13.8. The van der Waals surface area contributed by atoms with Gasteiger partial charge in [0.25, 0.3) is 0 Å². The Labute approximate surface area is 117 Å². The molecule has 1 aromatic carbocycles. The predicted octanol–water partition coefficient (Wildman–Crippen LogP) is 2.78. The molecule has 1 N–H and O–H groups in total. The quantitative estimate of drug-likeness (QED) is 0.913. The van der Waals surface area contributed by atoms with Crippen molar-refractivity contribution in [3.63, 3.8) is 0 Å². The van der Waals surface area contributed by atoms with Gasteiger partial charge in [0.05, 0.1) is 25.3 Å². The van der Waals surface area contributed by atoms with E-state index in [2.05, 4.69) is 10.3 Å². The SMILES string of the molecule is CNC(c1cnc(C)s1)c1ccc(OC)cc1OC. The van der Waals surface area contributed by atoms with Crippen molar-refractivity contribution in [3.05, 3.63) is 39.8 Å². The van der Waals surface area contributed by atoms with Crippen LogP contribution in [-0.2, 0) is 0 Å². The number of methoxy groups -OCH3 is 2. The summed E-state index contributed by atoms with van der Waals surface area (Å²) in [4.78, 5) is 5.48. The van der Waals surface area contributed by atoms with E-state index >= 15 is 0 Å². The van der Waals surface area contributed by atoms with Gasteiger partial charge in [0.2, 0.25) is 0 Å². The number of ether oxygens (including phenoxy) is 2. The summed E-state index contributed by atoms with van der Waals surface area (Å²) >= 11 is 1.68. The Kier molecular flexibility index (Phi) is 4.39. The number of rotatable bonds is 5. The van der Waals surface area contributed by atoms with Crippen molar-refractivity contribution in [2.75, 3.05) is 21.3 Å². The van der Waals surface area contributed by atoms with E-state index in [9.17, 15) is 0 Å². The molecule has 2 rings (SSSR count). The summed E-state index contributed by atoms with van der Waals surface area (Å²) in [5.41, 5.74) is 1.08.